The Bertz CT molecular complexity index is 528. The Morgan fingerprint density at radius 1 is 0.900 bits per heavy atom. The van der Waals surface area contributed by atoms with Crippen LogP contribution in [-0.2, 0) is 6.42 Å². The predicted octanol–water partition coefficient (Wildman–Crippen LogP) is 5.62. The highest BCUT2D eigenvalue weighted by Crippen LogP contribution is 2.18. The van der Waals surface area contributed by atoms with Crippen LogP contribution in [0.5, 0.6) is 0 Å². The van der Waals surface area contributed by atoms with Gasteiger partial charge in [0.05, 0.1) is 0 Å². The third kappa shape index (κ3) is 4.38. The first-order chi connectivity index (χ1) is 9.54. The largest absolute Gasteiger partial charge is 0.382 e. The molecule has 0 aromatic heterocycles. The van der Waals surface area contributed by atoms with Gasteiger partial charge in [-0.1, -0.05) is 54.0 Å². The molecule has 2 rings (SSSR count). The maximum absolute atomic E-state index is 3.56. The van der Waals surface area contributed by atoms with Gasteiger partial charge in [0, 0.05) is 16.2 Å². The minimum Gasteiger partial charge on any atom is -0.382 e. The summed E-state index contributed by atoms with van der Waals surface area (Å²) in [7, 11) is 0. The molecule has 0 saturated heterocycles. The van der Waals surface area contributed by atoms with Gasteiger partial charge in [-0.25, -0.2) is 0 Å². The van der Waals surface area contributed by atoms with E-state index in [1.165, 1.54) is 16.8 Å². The monoisotopic (exact) mass is 331 g/mol. The molecule has 0 aliphatic carbocycles. The normalized spacial score (nSPS) is 12.4. The SMILES string of the molecule is CC(Cc1ccc(Br)cc1)Nc1ccc(C(C)C)cc1. The lowest BCUT2D eigenvalue weighted by Gasteiger charge is -2.16. The fourth-order valence-corrected chi connectivity index (χ4v) is 2.54. The third-order valence-corrected chi connectivity index (χ3v) is 3.97. The van der Waals surface area contributed by atoms with Gasteiger partial charge in [0.2, 0.25) is 0 Å². The summed E-state index contributed by atoms with van der Waals surface area (Å²) in [6, 6.07) is 17.7. The molecular weight excluding hydrogens is 310 g/mol. The number of hydrogen-bond acceptors (Lipinski definition) is 1. The first-order valence-electron chi connectivity index (χ1n) is 7.15. The fraction of sp³-hybridized carbons (Fsp3) is 0.333. The number of nitrogens with one attached hydrogen (secondary N) is 1. The fourth-order valence-electron chi connectivity index (χ4n) is 2.27. The zero-order chi connectivity index (χ0) is 14.5. The molecule has 0 amide bonds. The van der Waals surface area contributed by atoms with Crippen LogP contribution >= 0.6 is 15.9 Å². The molecule has 0 saturated carbocycles. The highest BCUT2D eigenvalue weighted by atomic mass is 79.9. The second kappa shape index (κ2) is 6.94. The summed E-state index contributed by atoms with van der Waals surface area (Å²) in [6.07, 6.45) is 1.03. The number of benzene rings is 2. The van der Waals surface area contributed by atoms with E-state index < -0.39 is 0 Å². The van der Waals surface area contributed by atoms with E-state index in [0.29, 0.717) is 12.0 Å². The number of hydrogen-bond donors (Lipinski definition) is 1. The van der Waals surface area contributed by atoms with Gasteiger partial charge in [0.15, 0.2) is 0 Å². The molecule has 2 aromatic rings. The van der Waals surface area contributed by atoms with Crippen molar-refractivity contribution in [1.82, 2.24) is 0 Å². The van der Waals surface area contributed by atoms with Crippen LogP contribution in [0.25, 0.3) is 0 Å². The van der Waals surface area contributed by atoms with Crippen molar-refractivity contribution in [2.45, 2.75) is 39.2 Å². The van der Waals surface area contributed by atoms with E-state index in [1.807, 2.05) is 0 Å². The second-order valence-corrected chi connectivity index (χ2v) is 6.57. The van der Waals surface area contributed by atoms with E-state index in [-0.39, 0.29) is 0 Å². The molecule has 2 heteroatoms. The van der Waals surface area contributed by atoms with E-state index in [0.717, 1.165) is 10.9 Å². The molecule has 1 unspecified atom stereocenters. The van der Waals surface area contributed by atoms with Crippen LogP contribution in [0.1, 0.15) is 37.8 Å². The van der Waals surface area contributed by atoms with Gasteiger partial charge in [-0.05, 0) is 54.7 Å². The Morgan fingerprint density at radius 3 is 2.05 bits per heavy atom. The van der Waals surface area contributed by atoms with Crippen molar-refractivity contribution in [3.8, 4) is 0 Å². The first-order valence-corrected chi connectivity index (χ1v) is 7.95. The van der Waals surface area contributed by atoms with Crippen molar-refractivity contribution in [1.29, 1.82) is 0 Å². The first kappa shape index (κ1) is 15.1. The predicted molar refractivity (Wildman–Crippen MR) is 91.5 cm³/mol. The standard InChI is InChI=1S/C18H22BrN/c1-13(2)16-6-10-18(11-7-16)20-14(3)12-15-4-8-17(19)9-5-15/h4-11,13-14,20H,12H2,1-3H3. The topological polar surface area (TPSA) is 12.0 Å². The number of rotatable bonds is 5. The Morgan fingerprint density at radius 2 is 1.50 bits per heavy atom. The zero-order valence-electron chi connectivity index (χ0n) is 12.4. The molecular formula is C18H22BrN. The van der Waals surface area contributed by atoms with Gasteiger partial charge < -0.3 is 5.32 Å². The maximum Gasteiger partial charge on any atom is 0.0342 e. The Balaban J connectivity index is 1.93. The summed E-state index contributed by atoms with van der Waals surface area (Å²) in [5.41, 5.74) is 3.93. The van der Waals surface area contributed by atoms with Gasteiger partial charge in [-0.2, -0.15) is 0 Å². The molecule has 0 bridgehead atoms. The highest BCUT2D eigenvalue weighted by molar-refractivity contribution is 9.10. The molecule has 1 N–H and O–H groups in total. The third-order valence-electron chi connectivity index (χ3n) is 3.45. The van der Waals surface area contributed by atoms with Crippen molar-refractivity contribution in [2.75, 3.05) is 5.32 Å². The smallest absolute Gasteiger partial charge is 0.0342 e. The van der Waals surface area contributed by atoms with Crippen LogP contribution in [0.4, 0.5) is 5.69 Å². The summed E-state index contributed by atoms with van der Waals surface area (Å²) in [5, 5.41) is 3.56. The number of halogens is 1. The van der Waals surface area contributed by atoms with Gasteiger partial charge in [0.25, 0.3) is 0 Å². The summed E-state index contributed by atoms with van der Waals surface area (Å²) in [4.78, 5) is 0. The van der Waals surface area contributed by atoms with Crippen LogP contribution in [0, 0.1) is 0 Å². The molecule has 2 aromatic carbocycles. The minimum atomic E-state index is 0.418. The summed E-state index contributed by atoms with van der Waals surface area (Å²) in [6.45, 7) is 6.66. The average Bonchev–Trinajstić information content (AvgIpc) is 2.42. The quantitative estimate of drug-likeness (QED) is 0.750. The molecule has 0 fully saturated rings. The van der Waals surface area contributed by atoms with Gasteiger partial charge in [-0.15, -0.1) is 0 Å². The van der Waals surface area contributed by atoms with Crippen LogP contribution in [-0.4, -0.2) is 6.04 Å². The lowest BCUT2D eigenvalue weighted by Crippen LogP contribution is -2.17. The van der Waals surface area contributed by atoms with Crippen molar-refractivity contribution >= 4 is 21.6 Å². The van der Waals surface area contributed by atoms with Gasteiger partial charge in [0.1, 0.15) is 0 Å². The molecule has 0 heterocycles. The molecule has 20 heavy (non-hydrogen) atoms. The lowest BCUT2D eigenvalue weighted by molar-refractivity contribution is 0.789. The van der Waals surface area contributed by atoms with E-state index in [2.05, 4.69) is 90.5 Å². The Hall–Kier alpha value is -1.28. The summed E-state index contributed by atoms with van der Waals surface area (Å²) < 4.78 is 1.13. The Labute approximate surface area is 130 Å². The molecule has 1 atom stereocenters. The van der Waals surface area contributed by atoms with E-state index in [4.69, 9.17) is 0 Å². The molecule has 0 spiro atoms. The molecule has 0 aliphatic heterocycles. The summed E-state index contributed by atoms with van der Waals surface area (Å²) >= 11 is 3.47. The zero-order valence-corrected chi connectivity index (χ0v) is 13.9. The number of anilines is 1. The average molecular weight is 332 g/mol. The lowest BCUT2D eigenvalue weighted by atomic mass is 10.0. The summed E-state index contributed by atoms with van der Waals surface area (Å²) in [5.74, 6) is 0.587. The molecule has 0 radical (unpaired) electrons. The van der Waals surface area contributed by atoms with E-state index in [1.54, 1.807) is 0 Å². The van der Waals surface area contributed by atoms with Crippen molar-refractivity contribution in [2.24, 2.45) is 0 Å². The molecule has 0 aliphatic rings. The molecule has 1 nitrogen and oxygen atoms in total. The Kier molecular flexibility index (Phi) is 5.24. The van der Waals surface area contributed by atoms with E-state index >= 15 is 0 Å². The van der Waals surface area contributed by atoms with Gasteiger partial charge >= 0.3 is 0 Å². The molecule has 106 valence electrons. The maximum atomic E-state index is 3.56. The van der Waals surface area contributed by atoms with Crippen LogP contribution in [0.15, 0.2) is 53.0 Å². The van der Waals surface area contributed by atoms with E-state index in [9.17, 15) is 0 Å². The minimum absolute atomic E-state index is 0.418. The van der Waals surface area contributed by atoms with Crippen LogP contribution in [0.2, 0.25) is 0 Å². The van der Waals surface area contributed by atoms with Crippen LogP contribution in [0.3, 0.4) is 0 Å². The van der Waals surface area contributed by atoms with Crippen molar-refractivity contribution < 1.29 is 0 Å². The van der Waals surface area contributed by atoms with Crippen molar-refractivity contribution in [3.05, 3.63) is 64.1 Å². The van der Waals surface area contributed by atoms with Gasteiger partial charge in [-0.3, -0.25) is 0 Å². The second-order valence-electron chi connectivity index (χ2n) is 5.65. The van der Waals surface area contributed by atoms with Crippen LogP contribution < -0.4 is 5.32 Å². The van der Waals surface area contributed by atoms with Crippen molar-refractivity contribution in [3.63, 3.8) is 0 Å². The highest BCUT2D eigenvalue weighted by Gasteiger charge is 2.04.